The van der Waals surface area contributed by atoms with E-state index in [1.54, 1.807) is 31.2 Å². The molecule has 2 amide bonds. The van der Waals surface area contributed by atoms with E-state index < -0.39 is 29.0 Å². The van der Waals surface area contributed by atoms with Crippen LogP contribution < -0.4 is 15.4 Å². The van der Waals surface area contributed by atoms with Gasteiger partial charge in [-0.25, -0.2) is 4.79 Å². The lowest BCUT2D eigenvalue weighted by Gasteiger charge is -2.29. The van der Waals surface area contributed by atoms with Crippen molar-refractivity contribution in [2.24, 2.45) is 0 Å². The highest BCUT2D eigenvalue weighted by Gasteiger charge is 2.33. The Kier molecular flexibility index (Phi) is 8.45. The Balaban J connectivity index is 1.70. The van der Waals surface area contributed by atoms with Crippen LogP contribution >= 0.6 is 11.6 Å². The maximum absolute atomic E-state index is 13.1. The molecule has 0 saturated carbocycles. The first-order valence-electron chi connectivity index (χ1n) is 10.3. The van der Waals surface area contributed by atoms with Gasteiger partial charge in [0, 0.05) is 26.8 Å². The smallest absolute Gasteiger partial charge is 0.417 e. The molecule has 0 aliphatic carbocycles. The van der Waals surface area contributed by atoms with Crippen LogP contribution in [0.2, 0.25) is 5.02 Å². The molecular formula is C23H22ClF3N4O4. The predicted octanol–water partition coefficient (Wildman–Crippen LogP) is 4.60. The summed E-state index contributed by atoms with van der Waals surface area (Å²) in [5.74, 6) is 0.511. The van der Waals surface area contributed by atoms with Crippen molar-refractivity contribution < 1.29 is 32.2 Å². The van der Waals surface area contributed by atoms with Gasteiger partial charge in [-0.3, -0.25) is 5.32 Å². The predicted molar refractivity (Wildman–Crippen MR) is 121 cm³/mol. The van der Waals surface area contributed by atoms with E-state index >= 15 is 0 Å². The highest BCUT2D eigenvalue weighted by atomic mass is 35.5. The summed E-state index contributed by atoms with van der Waals surface area (Å²) in [4.78, 5) is 13.8. The molecule has 0 spiro atoms. The number of nitrogens with zero attached hydrogens (tertiary/aromatic N) is 2. The number of nitriles is 1. The number of likely N-dealkylation sites (N-methyl/N-ethyl adjacent to an activating group) is 1. The van der Waals surface area contributed by atoms with Gasteiger partial charge < -0.3 is 24.4 Å². The molecule has 2 aromatic carbocycles. The molecule has 12 heteroatoms. The number of ether oxygens (including phenoxy) is 3. The first kappa shape index (κ1) is 26.2. The van der Waals surface area contributed by atoms with Crippen LogP contribution in [0.4, 0.5) is 18.0 Å². The number of methoxy groups -OCH3 is 1. The van der Waals surface area contributed by atoms with Gasteiger partial charge in [-0.1, -0.05) is 17.7 Å². The van der Waals surface area contributed by atoms with E-state index in [2.05, 4.69) is 10.6 Å². The molecule has 1 heterocycles. The van der Waals surface area contributed by atoms with Gasteiger partial charge >= 0.3 is 12.2 Å². The van der Waals surface area contributed by atoms with E-state index in [-0.39, 0.29) is 23.7 Å². The van der Waals surface area contributed by atoms with Gasteiger partial charge in [-0.05, 0) is 35.9 Å². The van der Waals surface area contributed by atoms with Crippen LogP contribution in [-0.2, 0) is 22.3 Å². The lowest BCUT2D eigenvalue weighted by atomic mass is 10.1. The molecule has 0 radical (unpaired) electrons. The standard InChI is InChI=1S/C23H22ClF3N4O4/c1-31(7-8-33-2)20-11-21(30-22(32)29-20)34-13-14-3-6-19(15(9-14)12-28)35-16-4-5-18(24)17(10-16)23(25,26)27/h3-6,9-11,21H,7-8,13H2,1-2H3,(H2,29,30,32). The summed E-state index contributed by atoms with van der Waals surface area (Å²) < 4.78 is 55.6. The second-order valence-corrected chi connectivity index (χ2v) is 7.89. The minimum Gasteiger partial charge on any atom is -0.456 e. The number of carbonyl (C=O) groups excluding carboxylic acids is 1. The number of urea groups is 1. The van der Waals surface area contributed by atoms with Gasteiger partial charge in [0.2, 0.25) is 0 Å². The van der Waals surface area contributed by atoms with E-state index in [1.165, 1.54) is 18.2 Å². The Hall–Kier alpha value is -3.46. The fraction of sp³-hybridized carbons (Fsp3) is 0.304. The molecule has 1 aliphatic heterocycles. The lowest BCUT2D eigenvalue weighted by Crippen LogP contribution is -2.50. The monoisotopic (exact) mass is 510 g/mol. The molecule has 186 valence electrons. The van der Waals surface area contributed by atoms with E-state index in [1.807, 2.05) is 6.07 Å². The van der Waals surface area contributed by atoms with Crippen LogP contribution in [0, 0.1) is 11.3 Å². The van der Waals surface area contributed by atoms with Crippen molar-refractivity contribution in [2.75, 3.05) is 27.3 Å². The molecular weight excluding hydrogens is 489 g/mol. The highest BCUT2D eigenvalue weighted by molar-refractivity contribution is 6.31. The third-order valence-electron chi connectivity index (χ3n) is 4.93. The fourth-order valence-corrected chi connectivity index (χ4v) is 3.34. The molecule has 35 heavy (non-hydrogen) atoms. The molecule has 2 N–H and O–H groups in total. The number of hydrogen-bond donors (Lipinski definition) is 2. The van der Waals surface area contributed by atoms with Gasteiger partial charge in [0.05, 0.1) is 29.4 Å². The number of benzene rings is 2. The molecule has 1 atom stereocenters. The third-order valence-corrected chi connectivity index (χ3v) is 5.26. The van der Waals surface area contributed by atoms with Crippen molar-refractivity contribution in [1.29, 1.82) is 5.26 Å². The number of nitrogens with one attached hydrogen (secondary N) is 2. The molecule has 8 nitrogen and oxygen atoms in total. The van der Waals surface area contributed by atoms with Crippen molar-refractivity contribution in [2.45, 2.75) is 19.0 Å². The summed E-state index contributed by atoms with van der Waals surface area (Å²) in [6.45, 7) is 1.08. The third kappa shape index (κ3) is 7.02. The summed E-state index contributed by atoms with van der Waals surface area (Å²) in [6, 6.07) is 9.22. The number of hydrogen-bond acceptors (Lipinski definition) is 6. The number of alkyl halides is 3. The van der Waals surface area contributed by atoms with Crippen LogP contribution in [0.1, 0.15) is 16.7 Å². The normalized spacial score (nSPS) is 15.5. The Morgan fingerprint density at radius 2 is 2.00 bits per heavy atom. The van der Waals surface area contributed by atoms with E-state index in [0.717, 1.165) is 12.1 Å². The second-order valence-electron chi connectivity index (χ2n) is 7.48. The van der Waals surface area contributed by atoms with Crippen molar-refractivity contribution in [3.05, 3.63) is 70.0 Å². The van der Waals surface area contributed by atoms with Crippen LogP contribution in [0.25, 0.3) is 0 Å². The Labute approximate surface area is 204 Å². The van der Waals surface area contributed by atoms with Gasteiger partial charge in [0.15, 0.2) is 6.23 Å². The number of amides is 2. The van der Waals surface area contributed by atoms with Crippen molar-refractivity contribution in [1.82, 2.24) is 15.5 Å². The summed E-state index contributed by atoms with van der Waals surface area (Å²) in [7, 11) is 3.37. The zero-order valence-electron chi connectivity index (χ0n) is 18.8. The van der Waals surface area contributed by atoms with Gasteiger partial charge in [0.25, 0.3) is 0 Å². The van der Waals surface area contributed by atoms with E-state index in [9.17, 15) is 23.2 Å². The highest BCUT2D eigenvalue weighted by Crippen LogP contribution is 2.38. The van der Waals surface area contributed by atoms with Crippen molar-refractivity contribution in [3.8, 4) is 17.6 Å². The SMILES string of the molecule is COCCN(C)C1=CC(OCc2ccc(Oc3ccc(Cl)c(C(F)(F)F)c3)c(C#N)c2)NC(=O)N1. The van der Waals surface area contributed by atoms with Crippen LogP contribution in [0.3, 0.4) is 0 Å². The zero-order valence-corrected chi connectivity index (χ0v) is 19.5. The van der Waals surface area contributed by atoms with Gasteiger partial charge in [-0.15, -0.1) is 0 Å². The molecule has 0 bridgehead atoms. The summed E-state index contributed by atoms with van der Waals surface area (Å²) in [5, 5.41) is 14.4. The molecule has 3 rings (SSSR count). The van der Waals surface area contributed by atoms with Crippen LogP contribution in [0.5, 0.6) is 11.5 Å². The topological polar surface area (TPSA) is 95.8 Å². The van der Waals surface area contributed by atoms with Gasteiger partial charge in [0.1, 0.15) is 23.4 Å². The molecule has 2 aromatic rings. The maximum atomic E-state index is 13.1. The van der Waals surface area contributed by atoms with Crippen LogP contribution in [-0.4, -0.2) is 44.5 Å². The molecule has 0 aromatic heterocycles. The first-order valence-corrected chi connectivity index (χ1v) is 10.7. The maximum Gasteiger partial charge on any atom is 0.417 e. The second kappa shape index (κ2) is 11.3. The first-order chi connectivity index (χ1) is 16.6. The van der Waals surface area contributed by atoms with Crippen LogP contribution in [0.15, 0.2) is 48.3 Å². The Morgan fingerprint density at radius 1 is 1.23 bits per heavy atom. The fourth-order valence-electron chi connectivity index (χ4n) is 3.11. The molecule has 1 aliphatic rings. The Morgan fingerprint density at radius 3 is 2.69 bits per heavy atom. The molecule has 0 saturated heterocycles. The average Bonchev–Trinajstić information content (AvgIpc) is 2.81. The summed E-state index contributed by atoms with van der Waals surface area (Å²) in [6.07, 6.45) is -3.68. The van der Waals surface area contributed by atoms with Crippen molar-refractivity contribution >= 4 is 17.6 Å². The molecule has 1 unspecified atom stereocenters. The summed E-state index contributed by atoms with van der Waals surface area (Å²) in [5.41, 5.74) is -0.347. The number of halogens is 4. The minimum atomic E-state index is -4.65. The number of carbonyl (C=O) groups is 1. The number of rotatable bonds is 9. The van der Waals surface area contributed by atoms with E-state index in [4.69, 9.17) is 25.8 Å². The molecule has 0 fully saturated rings. The van der Waals surface area contributed by atoms with E-state index in [0.29, 0.717) is 24.5 Å². The average molecular weight is 511 g/mol. The summed E-state index contributed by atoms with van der Waals surface area (Å²) >= 11 is 5.64. The quantitative estimate of drug-likeness (QED) is 0.512. The minimum absolute atomic E-state index is 0.0463. The lowest BCUT2D eigenvalue weighted by molar-refractivity contribution is -0.137. The van der Waals surface area contributed by atoms with Gasteiger partial charge in [-0.2, -0.15) is 18.4 Å². The zero-order chi connectivity index (χ0) is 25.6. The largest absolute Gasteiger partial charge is 0.456 e. The Bertz CT molecular complexity index is 1150. The van der Waals surface area contributed by atoms with Crippen molar-refractivity contribution in [3.63, 3.8) is 0 Å².